The molecule has 0 radical (unpaired) electrons. The van der Waals surface area contributed by atoms with Gasteiger partial charge >= 0.3 is 6.18 Å². The summed E-state index contributed by atoms with van der Waals surface area (Å²) in [5, 5.41) is 13.4. The molecule has 1 atom stereocenters. The van der Waals surface area contributed by atoms with Gasteiger partial charge in [0.05, 0.1) is 22.8 Å². The number of pyridine rings is 1. The number of aliphatic hydroxyl groups excluding tert-OH is 1. The van der Waals surface area contributed by atoms with Gasteiger partial charge in [0.2, 0.25) is 0 Å². The van der Waals surface area contributed by atoms with Gasteiger partial charge in [-0.05, 0) is 25.3 Å². The second kappa shape index (κ2) is 12.3. The molecule has 9 nitrogen and oxygen atoms in total. The van der Waals surface area contributed by atoms with E-state index in [0.717, 1.165) is 23.9 Å². The Kier molecular flexibility index (Phi) is 9.39. The minimum atomic E-state index is -4.72. The molecule has 0 aliphatic heterocycles. The summed E-state index contributed by atoms with van der Waals surface area (Å²) in [6, 6.07) is -0.0449. The molecule has 15 heteroatoms. The van der Waals surface area contributed by atoms with Gasteiger partial charge in [0, 0.05) is 19.2 Å². The maximum atomic E-state index is 13.0. The van der Waals surface area contributed by atoms with Gasteiger partial charge in [-0.1, -0.05) is 29.1 Å². The number of hydrogen-bond donors (Lipinski definition) is 3. The molecule has 0 saturated carbocycles. The Morgan fingerprint density at radius 2 is 1.92 bits per heavy atom. The number of nitrogens with zero attached hydrogens (tertiary/aromatic N) is 4. The smallest absolute Gasteiger partial charge is 0.396 e. The van der Waals surface area contributed by atoms with Crippen LogP contribution in [0, 0.1) is 11.8 Å². The number of unbranched alkanes of at least 4 members (excludes halogenated alkanes) is 1. The lowest BCUT2D eigenvalue weighted by Crippen LogP contribution is -2.28. The standard InChI is InChI=1S/C22H17Cl2F3N6O3S/c1-11(32-20(36)18-17(24)14(30-10-31-18)5-3-2-4-6-34)21-29-9-15(37-21)19(35)33-16-7-12(22(25,26)27)13(23)8-28-16/h7-11,34H,2,4,6H2,1H3,(H,32,36)(H,28,33,35)/t11-/m1/s1. The van der Waals surface area contributed by atoms with Crippen LogP contribution in [0.25, 0.3) is 0 Å². The molecule has 0 aliphatic carbocycles. The van der Waals surface area contributed by atoms with Crippen LogP contribution in [0.1, 0.15) is 62.2 Å². The number of hydrogen-bond acceptors (Lipinski definition) is 8. The fourth-order valence-electron chi connectivity index (χ4n) is 2.75. The van der Waals surface area contributed by atoms with Gasteiger partial charge in [-0.2, -0.15) is 13.2 Å². The van der Waals surface area contributed by atoms with Crippen molar-refractivity contribution >= 4 is 52.2 Å². The van der Waals surface area contributed by atoms with Crippen LogP contribution >= 0.6 is 34.5 Å². The molecule has 0 bridgehead atoms. The number of amides is 2. The number of aliphatic hydroxyl groups is 1. The van der Waals surface area contributed by atoms with Crippen LogP contribution < -0.4 is 10.6 Å². The Labute approximate surface area is 222 Å². The zero-order valence-electron chi connectivity index (χ0n) is 18.9. The monoisotopic (exact) mass is 572 g/mol. The summed E-state index contributed by atoms with van der Waals surface area (Å²) in [6.07, 6.45) is -0.657. The Bertz CT molecular complexity index is 1370. The molecule has 3 N–H and O–H groups in total. The van der Waals surface area contributed by atoms with Crippen LogP contribution in [-0.4, -0.2) is 43.5 Å². The van der Waals surface area contributed by atoms with E-state index < -0.39 is 34.6 Å². The summed E-state index contributed by atoms with van der Waals surface area (Å²) in [5.74, 6) is 3.80. The first-order valence-corrected chi connectivity index (χ1v) is 12.0. The van der Waals surface area contributed by atoms with Gasteiger partial charge in [-0.15, -0.1) is 11.3 Å². The number of aromatic nitrogens is 4. The Balaban J connectivity index is 1.68. The summed E-state index contributed by atoms with van der Waals surface area (Å²) >= 11 is 12.7. The fraction of sp³-hybridized carbons (Fsp3) is 0.273. The predicted octanol–water partition coefficient (Wildman–Crippen LogP) is 4.52. The highest BCUT2D eigenvalue weighted by molar-refractivity contribution is 7.13. The molecular weight excluding hydrogens is 556 g/mol. The van der Waals surface area contributed by atoms with Crippen molar-refractivity contribution in [3.63, 3.8) is 0 Å². The molecule has 3 heterocycles. The van der Waals surface area contributed by atoms with Gasteiger partial charge in [-0.3, -0.25) is 9.59 Å². The van der Waals surface area contributed by atoms with E-state index in [1.807, 2.05) is 0 Å². The number of anilines is 1. The van der Waals surface area contributed by atoms with E-state index in [1.165, 1.54) is 6.20 Å². The zero-order chi connectivity index (χ0) is 27.2. The van der Waals surface area contributed by atoms with E-state index in [1.54, 1.807) is 6.92 Å². The fourth-order valence-corrected chi connectivity index (χ4v) is 4.01. The number of carbonyl (C=O) groups excluding carboxylic acids is 2. The second-order valence-corrected chi connectivity index (χ2v) is 9.12. The molecular formula is C22H17Cl2F3N6O3S. The molecule has 3 aromatic heterocycles. The molecule has 3 aromatic rings. The normalized spacial score (nSPS) is 11.9. The maximum Gasteiger partial charge on any atom is 0.418 e. The largest absolute Gasteiger partial charge is 0.418 e. The molecule has 0 aromatic carbocycles. The average Bonchev–Trinajstić information content (AvgIpc) is 3.34. The minimum absolute atomic E-state index is 0.00509. The van der Waals surface area contributed by atoms with Crippen molar-refractivity contribution in [1.82, 2.24) is 25.3 Å². The average molecular weight is 573 g/mol. The Morgan fingerprint density at radius 3 is 2.62 bits per heavy atom. The van der Waals surface area contributed by atoms with E-state index in [4.69, 9.17) is 28.3 Å². The third kappa shape index (κ3) is 7.36. The van der Waals surface area contributed by atoms with Crippen molar-refractivity contribution in [2.75, 3.05) is 11.9 Å². The summed E-state index contributed by atoms with van der Waals surface area (Å²) < 4.78 is 39.1. The molecule has 0 fully saturated rings. The molecule has 194 valence electrons. The SMILES string of the molecule is C[C@@H](NC(=O)c1ncnc(C#CCCCO)c1Cl)c1ncc(C(=O)Nc2cc(C(F)(F)F)c(Cl)cn2)s1. The highest BCUT2D eigenvalue weighted by atomic mass is 35.5. The molecule has 3 rings (SSSR count). The molecule has 0 aliphatic rings. The van der Waals surface area contributed by atoms with Crippen LogP contribution in [0.5, 0.6) is 0 Å². The Hall–Kier alpha value is -3.31. The van der Waals surface area contributed by atoms with E-state index in [-0.39, 0.29) is 33.7 Å². The van der Waals surface area contributed by atoms with Crippen LogP contribution in [-0.2, 0) is 6.18 Å². The van der Waals surface area contributed by atoms with Gasteiger partial charge in [0.1, 0.15) is 32.7 Å². The zero-order valence-corrected chi connectivity index (χ0v) is 21.2. The third-order valence-corrected chi connectivity index (χ3v) is 6.38. The second-order valence-electron chi connectivity index (χ2n) is 7.27. The minimum Gasteiger partial charge on any atom is -0.396 e. The molecule has 37 heavy (non-hydrogen) atoms. The molecule has 0 saturated heterocycles. The summed E-state index contributed by atoms with van der Waals surface area (Å²) in [7, 11) is 0. The summed E-state index contributed by atoms with van der Waals surface area (Å²) in [5.41, 5.74) is -1.09. The predicted molar refractivity (Wildman–Crippen MR) is 130 cm³/mol. The first-order valence-electron chi connectivity index (χ1n) is 10.4. The number of rotatable bonds is 7. The van der Waals surface area contributed by atoms with Crippen molar-refractivity contribution in [2.45, 2.75) is 32.0 Å². The molecule has 2 amide bonds. The first-order chi connectivity index (χ1) is 17.5. The topological polar surface area (TPSA) is 130 Å². The summed E-state index contributed by atoms with van der Waals surface area (Å²) in [4.78, 5) is 40.9. The number of alkyl halides is 3. The number of halogens is 5. The summed E-state index contributed by atoms with van der Waals surface area (Å²) in [6.45, 7) is 1.61. The van der Waals surface area contributed by atoms with Gasteiger partial charge in [0.25, 0.3) is 11.8 Å². The number of nitrogens with one attached hydrogen (secondary N) is 2. The van der Waals surface area contributed by atoms with Gasteiger partial charge in [0.15, 0.2) is 5.69 Å². The van der Waals surface area contributed by atoms with Gasteiger partial charge in [-0.25, -0.2) is 19.9 Å². The maximum absolute atomic E-state index is 13.0. The lowest BCUT2D eigenvalue weighted by Gasteiger charge is -2.12. The van der Waals surface area contributed by atoms with Gasteiger partial charge < -0.3 is 15.7 Å². The van der Waals surface area contributed by atoms with Crippen molar-refractivity contribution in [3.8, 4) is 11.8 Å². The molecule has 0 unspecified atom stereocenters. The van der Waals surface area contributed by atoms with E-state index >= 15 is 0 Å². The lowest BCUT2D eigenvalue weighted by molar-refractivity contribution is -0.137. The lowest BCUT2D eigenvalue weighted by atomic mass is 10.2. The quantitative estimate of drug-likeness (QED) is 0.280. The van der Waals surface area contributed by atoms with E-state index in [0.29, 0.717) is 23.9 Å². The van der Waals surface area contributed by atoms with Crippen LogP contribution in [0.3, 0.4) is 0 Å². The van der Waals surface area contributed by atoms with Crippen molar-refractivity contribution in [1.29, 1.82) is 0 Å². The van der Waals surface area contributed by atoms with Crippen molar-refractivity contribution < 1.29 is 27.9 Å². The van der Waals surface area contributed by atoms with Crippen LogP contribution in [0.2, 0.25) is 10.0 Å². The van der Waals surface area contributed by atoms with Crippen molar-refractivity contribution in [2.24, 2.45) is 0 Å². The van der Waals surface area contributed by atoms with Crippen molar-refractivity contribution in [3.05, 3.63) is 61.7 Å². The van der Waals surface area contributed by atoms with Crippen LogP contribution in [0.4, 0.5) is 19.0 Å². The van der Waals surface area contributed by atoms with Crippen LogP contribution in [0.15, 0.2) is 24.8 Å². The van der Waals surface area contributed by atoms with E-state index in [9.17, 15) is 22.8 Å². The highest BCUT2D eigenvalue weighted by Gasteiger charge is 2.34. The third-order valence-electron chi connectivity index (χ3n) is 4.54. The Morgan fingerprint density at radius 1 is 1.16 bits per heavy atom. The highest BCUT2D eigenvalue weighted by Crippen LogP contribution is 2.35. The van der Waals surface area contributed by atoms with E-state index in [2.05, 4.69) is 42.4 Å². The molecule has 0 spiro atoms. The number of carbonyl (C=O) groups is 2. The first kappa shape index (κ1) is 28.3. The number of thiazole rings is 1.